The molecule has 0 saturated carbocycles. The second-order valence-corrected chi connectivity index (χ2v) is 8.17. The molecule has 25 heavy (non-hydrogen) atoms. The Labute approximate surface area is 165 Å². The van der Waals surface area contributed by atoms with Crippen LogP contribution in [0.3, 0.4) is 0 Å². The summed E-state index contributed by atoms with van der Waals surface area (Å²) < 4.78 is 9.84. The van der Waals surface area contributed by atoms with E-state index in [1.54, 1.807) is 0 Å². The van der Waals surface area contributed by atoms with Gasteiger partial charge in [0.25, 0.3) is 11.1 Å². The molecular weight excluding hydrogens is 468 g/mol. The standard InChI is InChI=1S/C17H12Br2N4OS/c1-10-15(23-8-13(19)6-7-14(23)20-10)16-21-22-17(24-16)25-9-11-2-4-12(18)5-3-11/h2-8H,9H2,1H3. The first-order valence-electron chi connectivity index (χ1n) is 7.45. The van der Waals surface area contributed by atoms with Gasteiger partial charge in [0, 0.05) is 20.9 Å². The minimum absolute atomic E-state index is 0.474. The van der Waals surface area contributed by atoms with Gasteiger partial charge in [0.1, 0.15) is 11.3 Å². The molecule has 0 aliphatic heterocycles. The van der Waals surface area contributed by atoms with Gasteiger partial charge in [-0.25, -0.2) is 4.98 Å². The van der Waals surface area contributed by atoms with Crippen LogP contribution in [0.5, 0.6) is 0 Å². The predicted octanol–water partition coefficient (Wildman–Crippen LogP) is 5.51. The molecule has 0 radical (unpaired) electrons. The molecule has 4 aromatic rings. The molecule has 8 heteroatoms. The topological polar surface area (TPSA) is 56.2 Å². The molecule has 126 valence electrons. The smallest absolute Gasteiger partial charge is 0.277 e. The zero-order valence-corrected chi connectivity index (χ0v) is 17.1. The number of thioether (sulfide) groups is 1. The van der Waals surface area contributed by atoms with Gasteiger partial charge in [-0.15, -0.1) is 10.2 Å². The highest BCUT2D eigenvalue weighted by Gasteiger charge is 2.17. The number of hydrogen-bond acceptors (Lipinski definition) is 5. The number of hydrogen-bond donors (Lipinski definition) is 0. The third-order valence-electron chi connectivity index (χ3n) is 3.64. The molecule has 0 aliphatic rings. The van der Waals surface area contributed by atoms with Crippen LogP contribution in [0.25, 0.3) is 17.2 Å². The highest BCUT2D eigenvalue weighted by Crippen LogP contribution is 2.29. The molecule has 4 rings (SSSR count). The molecular formula is C17H12Br2N4OS. The van der Waals surface area contributed by atoms with Crippen LogP contribution in [0.4, 0.5) is 0 Å². The Morgan fingerprint density at radius 2 is 1.80 bits per heavy atom. The molecule has 0 atom stereocenters. The summed E-state index contributed by atoms with van der Waals surface area (Å²) in [4.78, 5) is 4.54. The van der Waals surface area contributed by atoms with Gasteiger partial charge < -0.3 is 4.42 Å². The number of halogens is 2. The fourth-order valence-electron chi connectivity index (χ4n) is 2.48. The van der Waals surface area contributed by atoms with Crippen LogP contribution in [0.1, 0.15) is 11.3 Å². The zero-order valence-electron chi connectivity index (χ0n) is 13.1. The van der Waals surface area contributed by atoms with Crippen LogP contribution in [-0.4, -0.2) is 19.6 Å². The summed E-state index contributed by atoms with van der Waals surface area (Å²) >= 11 is 8.44. The van der Waals surface area contributed by atoms with Crippen molar-refractivity contribution in [2.75, 3.05) is 0 Å². The van der Waals surface area contributed by atoms with E-state index in [4.69, 9.17) is 4.42 Å². The van der Waals surface area contributed by atoms with Gasteiger partial charge in [-0.2, -0.15) is 0 Å². The predicted molar refractivity (Wildman–Crippen MR) is 105 cm³/mol. The van der Waals surface area contributed by atoms with Crippen molar-refractivity contribution in [1.82, 2.24) is 19.6 Å². The Morgan fingerprint density at radius 3 is 2.60 bits per heavy atom. The quantitative estimate of drug-likeness (QED) is 0.361. The van der Waals surface area contributed by atoms with Gasteiger partial charge in [0.15, 0.2) is 0 Å². The summed E-state index contributed by atoms with van der Waals surface area (Å²) in [5, 5.41) is 8.91. The molecule has 3 aromatic heterocycles. The Kier molecular flexibility index (Phi) is 4.66. The van der Waals surface area contributed by atoms with Gasteiger partial charge >= 0.3 is 0 Å². The maximum absolute atomic E-state index is 5.86. The molecule has 0 spiro atoms. The number of benzene rings is 1. The van der Waals surface area contributed by atoms with Crippen LogP contribution >= 0.6 is 43.6 Å². The lowest BCUT2D eigenvalue weighted by molar-refractivity contribution is 0.464. The van der Waals surface area contributed by atoms with E-state index in [-0.39, 0.29) is 0 Å². The van der Waals surface area contributed by atoms with Crippen LogP contribution in [-0.2, 0) is 5.75 Å². The lowest BCUT2D eigenvalue weighted by Gasteiger charge is -1.99. The molecule has 1 aromatic carbocycles. The highest BCUT2D eigenvalue weighted by molar-refractivity contribution is 9.10. The van der Waals surface area contributed by atoms with Crippen LogP contribution in [0, 0.1) is 6.92 Å². The number of aromatic nitrogens is 4. The zero-order chi connectivity index (χ0) is 17.4. The normalized spacial score (nSPS) is 11.3. The molecule has 0 amide bonds. The number of nitrogens with zero attached hydrogens (tertiary/aromatic N) is 4. The Hall–Kier alpha value is -1.64. The van der Waals surface area contributed by atoms with Crippen LogP contribution in [0.2, 0.25) is 0 Å². The van der Waals surface area contributed by atoms with Gasteiger partial charge in [-0.1, -0.05) is 39.8 Å². The Balaban J connectivity index is 1.60. The molecule has 0 N–H and O–H groups in total. The number of aryl methyl sites for hydroxylation is 1. The van der Waals surface area contributed by atoms with Crippen molar-refractivity contribution in [2.45, 2.75) is 17.9 Å². The van der Waals surface area contributed by atoms with Gasteiger partial charge in [-0.05, 0) is 52.7 Å². The third-order valence-corrected chi connectivity index (χ3v) is 5.53. The minimum Gasteiger partial charge on any atom is -0.410 e. The fourth-order valence-corrected chi connectivity index (χ4v) is 3.80. The third kappa shape index (κ3) is 3.51. The first-order chi connectivity index (χ1) is 12.1. The molecule has 0 aliphatic carbocycles. The molecule has 0 bridgehead atoms. The fraction of sp³-hybridized carbons (Fsp3) is 0.118. The van der Waals surface area contributed by atoms with Crippen molar-refractivity contribution in [1.29, 1.82) is 0 Å². The minimum atomic E-state index is 0.474. The van der Waals surface area contributed by atoms with Gasteiger partial charge in [-0.3, -0.25) is 4.40 Å². The first-order valence-corrected chi connectivity index (χ1v) is 10.0. The summed E-state index contributed by atoms with van der Waals surface area (Å²) in [6.45, 7) is 1.94. The number of imidazole rings is 1. The van der Waals surface area contributed by atoms with Crippen molar-refractivity contribution in [3.63, 3.8) is 0 Å². The number of fused-ring (bicyclic) bond motifs is 1. The maximum Gasteiger partial charge on any atom is 0.277 e. The van der Waals surface area contributed by atoms with Crippen molar-refractivity contribution >= 4 is 49.3 Å². The second-order valence-electron chi connectivity index (χ2n) is 5.41. The average molecular weight is 480 g/mol. The average Bonchev–Trinajstić information content (AvgIpc) is 3.17. The molecule has 0 fully saturated rings. The molecule has 3 heterocycles. The van der Waals surface area contributed by atoms with E-state index in [0.29, 0.717) is 11.1 Å². The van der Waals surface area contributed by atoms with Gasteiger partial charge in [0.2, 0.25) is 0 Å². The largest absolute Gasteiger partial charge is 0.410 e. The second kappa shape index (κ2) is 6.93. The van der Waals surface area contributed by atoms with Gasteiger partial charge in [0.05, 0.1) is 5.69 Å². The number of pyridine rings is 1. The van der Waals surface area contributed by atoms with E-state index in [1.807, 2.05) is 41.8 Å². The highest BCUT2D eigenvalue weighted by atomic mass is 79.9. The first kappa shape index (κ1) is 16.8. The summed E-state index contributed by atoms with van der Waals surface area (Å²) in [5.41, 5.74) is 3.71. The van der Waals surface area contributed by atoms with E-state index in [1.165, 1.54) is 17.3 Å². The van der Waals surface area contributed by atoms with Crippen molar-refractivity contribution in [3.05, 3.63) is 62.8 Å². The molecule has 0 saturated heterocycles. The maximum atomic E-state index is 5.86. The SMILES string of the molecule is Cc1nc2ccc(Br)cn2c1-c1nnc(SCc2ccc(Br)cc2)o1. The summed E-state index contributed by atoms with van der Waals surface area (Å²) in [6.07, 6.45) is 1.95. The Bertz CT molecular complexity index is 1040. The van der Waals surface area contributed by atoms with Crippen LogP contribution in [0.15, 0.2) is 61.2 Å². The van der Waals surface area contributed by atoms with E-state index < -0.39 is 0 Å². The monoisotopic (exact) mass is 478 g/mol. The van der Waals surface area contributed by atoms with Crippen molar-refractivity contribution in [3.8, 4) is 11.6 Å². The van der Waals surface area contributed by atoms with Crippen molar-refractivity contribution in [2.24, 2.45) is 0 Å². The van der Waals surface area contributed by atoms with E-state index in [2.05, 4.69) is 59.2 Å². The van der Waals surface area contributed by atoms with Crippen LogP contribution < -0.4 is 0 Å². The lowest BCUT2D eigenvalue weighted by Crippen LogP contribution is -1.89. The Morgan fingerprint density at radius 1 is 1.04 bits per heavy atom. The molecule has 0 unspecified atom stereocenters. The lowest BCUT2D eigenvalue weighted by atomic mass is 10.2. The summed E-state index contributed by atoms with van der Waals surface area (Å²) in [7, 11) is 0. The summed E-state index contributed by atoms with van der Waals surface area (Å²) in [5.74, 6) is 1.24. The van der Waals surface area contributed by atoms with E-state index in [9.17, 15) is 0 Å². The van der Waals surface area contributed by atoms with E-state index in [0.717, 1.165) is 31.7 Å². The summed E-state index contributed by atoms with van der Waals surface area (Å²) in [6, 6.07) is 12.1. The molecule has 5 nitrogen and oxygen atoms in total. The van der Waals surface area contributed by atoms with Crippen molar-refractivity contribution < 1.29 is 4.42 Å². The number of rotatable bonds is 4. The van der Waals surface area contributed by atoms with E-state index >= 15 is 0 Å².